The van der Waals surface area contributed by atoms with Crippen molar-refractivity contribution in [3.8, 4) is 0 Å². The molecule has 1 rings (SSSR count). The lowest BCUT2D eigenvalue weighted by Gasteiger charge is -2.04. The van der Waals surface area contributed by atoms with E-state index in [1.54, 1.807) is 0 Å². The van der Waals surface area contributed by atoms with Crippen LogP contribution >= 0.6 is 0 Å². The standard InChI is InChI=1S/C12H16N2O/c1-9-3-4-11(7-10(9)2)8-12(13)14-5-6-15/h3-4,6-7H,5,8H2,1-2H3,(H2,13,14). The van der Waals surface area contributed by atoms with Crippen LogP contribution in [-0.2, 0) is 11.2 Å². The normalized spacial score (nSPS) is 11.5. The van der Waals surface area contributed by atoms with E-state index in [9.17, 15) is 4.79 Å². The van der Waals surface area contributed by atoms with Crippen LogP contribution in [-0.4, -0.2) is 18.7 Å². The molecular formula is C12H16N2O. The topological polar surface area (TPSA) is 55.4 Å². The van der Waals surface area contributed by atoms with Gasteiger partial charge in [-0.2, -0.15) is 0 Å². The predicted octanol–water partition coefficient (Wildman–Crippen LogP) is 1.40. The minimum Gasteiger partial charge on any atom is -0.387 e. The van der Waals surface area contributed by atoms with Crippen LogP contribution in [0.5, 0.6) is 0 Å². The largest absolute Gasteiger partial charge is 0.387 e. The van der Waals surface area contributed by atoms with Crippen molar-refractivity contribution in [2.75, 3.05) is 6.54 Å². The number of rotatable bonds is 4. The lowest BCUT2D eigenvalue weighted by Crippen LogP contribution is -2.15. The Morgan fingerprint density at radius 3 is 2.73 bits per heavy atom. The van der Waals surface area contributed by atoms with E-state index >= 15 is 0 Å². The number of aryl methyl sites for hydroxylation is 2. The van der Waals surface area contributed by atoms with Crippen molar-refractivity contribution in [3.05, 3.63) is 34.9 Å². The summed E-state index contributed by atoms with van der Waals surface area (Å²) in [5, 5.41) is 0. The maximum absolute atomic E-state index is 10.1. The first-order chi connectivity index (χ1) is 7.13. The van der Waals surface area contributed by atoms with Crippen molar-refractivity contribution >= 4 is 12.1 Å². The van der Waals surface area contributed by atoms with Crippen LogP contribution < -0.4 is 5.73 Å². The molecule has 15 heavy (non-hydrogen) atoms. The zero-order valence-corrected chi connectivity index (χ0v) is 9.16. The van der Waals surface area contributed by atoms with Crippen molar-refractivity contribution in [3.63, 3.8) is 0 Å². The van der Waals surface area contributed by atoms with Crippen molar-refractivity contribution in [2.24, 2.45) is 10.7 Å². The third kappa shape index (κ3) is 3.54. The van der Waals surface area contributed by atoms with Crippen LogP contribution in [0.2, 0.25) is 0 Å². The van der Waals surface area contributed by atoms with Gasteiger partial charge < -0.3 is 10.5 Å². The number of hydrogen-bond donors (Lipinski definition) is 1. The van der Waals surface area contributed by atoms with E-state index in [1.165, 1.54) is 11.1 Å². The van der Waals surface area contributed by atoms with Crippen LogP contribution in [0.15, 0.2) is 23.2 Å². The van der Waals surface area contributed by atoms with Crippen LogP contribution in [0.1, 0.15) is 16.7 Å². The van der Waals surface area contributed by atoms with Crippen molar-refractivity contribution < 1.29 is 4.79 Å². The van der Waals surface area contributed by atoms with E-state index in [0.29, 0.717) is 12.3 Å². The molecule has 0 amide bonds. The van der Waals surface area contributed by atoms with Crippen LogP contribution in [0.25, 0.3) is 0 Å². The van der Waals surface area contributed by atoms with Gasteiger partial charge in [0, 0.05) is 6.42 Å². The molecule has 0 fully saturated rings. The van der Waals surface area contributed by atoms with Gasteiger partial charge in [-0.05, 0) is 30.5 Å². The molecule has 0 heterocycles. The third-order valence-electron chi connectivity index (χ3n) is 2.33. The van der Waals surface area contributed by atoms with Gasteiger partial charge in [0.15, 0.2) is 0 Å². The first-order valence-electron chi connectivity index (χ1n) is 4.92. The fourth-order valence-corrected chi connectivity index (χ4v) is 1.33. The molecule has 0 saturated heterocycles. The highest BCUT2D eigenvalue weighted by atomic mass is 16.1. The van der Waals surface area contributed by atoms with Gasteiger partial charge in [-0.3, -0.25) is 4.99 Å². The zero-order valence-electron chi connectivity index (χ0n) is 9.16. The Morgan fingerprint density at radius 1 is 1.40 bits per heavy atom. The Kier molecular flexibility index (Phi) is 4.03. The number of benzene rings is 1. The number of aldehydes is 1. The predicted molar refractivity (Wildman–Crippen MR) is 62.2 cm³/mol. The number of aliphatic imine (C=N–C) groups is 1. The Bertz CT molecular complexity index is 383. The third-order valence-corrected chi connectivity index (χ3v) is 2.33. The molecule has 0 aliphatic carbocycles. The van der Waals surface area contributed by atoms with Gasteiger partial charge >= 0.3 is 0 Å². The van der Waals surface area contributed by atoms with E-state index in [-0.39, 0.29) is 6.54 Å². The average molecular weight is 204 g/mol. The number of amidine groups is 1. The second kappa shape index (κ2) is 5.29. The van der Waals surface area contributed by atoms with Crippen LogP contribution in [0.3, 0.4) is 0 Å². The zero-order chi connectivity index (χ0) is 11.3. The highest BCUT2D eigenvalue weighted by Gasteiger charge is 1.98. The molecular weight excluding hydrogens is 188 g/mol. The van der Waals surface area contributed by atoms with Gasteiger partial charge in [-0.15, -0.1) is 0 Å². The SMILES string of the molecule is Cc1ccc(CC(N)=NCC=O)cc1C. The molecule has 0 unspecified atom stereocenters. The van der Waals surface area contributed by atoms with Gasteiger partial charge in [-0.1, -0.05) is 18.2 Å². The van der Waals surface area contributed by atoms with E-state index in [2.05, 4.69) is 31.0 Å². The molecule has 0 aromatic heterocycles. The molecule has 0 bridgehead atoms. The van der Waals surface area contributed by atoms with Crippen molar-refractivity contribution in [2.45, 2.75) is 20.3 Å². The smallest absolute Gasteiger partial charge is 0.141 e. The molecule has 0 spiro atoms. The van der Waals surface area contributed by atoms with Crippen molar-refractivity contribution in [1.82, 2.24) is 0 Å². The molecule has 3 heteroatoms. The average Bonchev–Trinajstić information content (AvgIpc) is 2.20. The van der Waals surface area contributed by atoms with Gasteiger partial charge in [0.1, 0.15) is 6.29 Å². The maximum Gasteiger partial charge on any atom is 0.141 e. The first kappa shape index (κ1) is 11.4. The number of carbonyl (C=O) groups is 1. The molecule has 1 aromatic carbocycles. The van der Waals surface area contributed by atoms with Gasteiger partial charge in [0.25, 0.3) is 0 Å². The van der Waals surface area contributed by atoms with Gasteiger partial charge in [-0.25, -0.2) is 0 Å². The molecule has 3 nitrogen and oxygen atoms in total. The molecule has 0 atom stereocenters. The van der Waals surface area contributed by atoms with Gasteiger partial charge in [0.2, 0.25) is 0 Å². The Labute approximate surface area is 90.0 Å². The second-order valence-electron chi connectivity index (χ2n) is 3.59. The quantitative estimate of drug-likeness (QED) is 0.458. The molecule has 80 valence electrons. The Balaban J connectivity index is 2.72. The summed E-state index contributed by atoms with van der Waals surface area (Å²) in [4.78, 5) is 14.0. The lowest BCUT2D eigenvalue weighted by atomic mass is 10.0. The first-order valence-corrected chi connectivity index (χ1v) is 4.92. The summed E-state index contributed by atoms with van der Waals surface area (Å²) in [7, 11) is 0. The van der Waals surface area contributed by atoms with Crippen LogP contribution in [0.4, 0.5) is 0 Å². The second-order valence-corrected chi connectivity index (χ2v) is 3.59. The highest BCUT2D eigenvalue weighted by molar-refractivity contribution is 5.83. The Morgan fingerprint density at radius 2 is 2.13 bits per heavy atom. The summed E-state index contributed by atoms with van der Waals surface area (Å²) in [5.41, 5.74) is 9.31. The minimum absolute atomic E-state index is 0.149. The van der Waals surface area contributed by atoms with E-state index in [1.807, 2.05) is 6.07 Å². The fraction of sp³-hybridized carbons (Fsp3) is 0.333. The number of carbonyl (C=O) groups excluding carboxylic acids is 1. The summed E-state index contributed by atoms with van der Waals surface area (Å²) in [6.45, 7) is 4.29. The number of nitrogens with two attached hydrogens (primary N) is 1. The van der Waals surface area contributed by atoms with E-state index in [0.717, 1.165) is 11.8 Å². The monoisotopic (exact) mass is 204 g/mol. The molecule has 1 aromatic rings. The summed E-state index contributed by atoms with van der Waals surface area (Å²) in [5.74, 6) is 0.505. The number of nitrogens with zero attached hydrogens (tertiary/aromatic N) is 1. The minimum atomic E-state index is 0.149. The molecule has 0 aliphatic rings. The van der Waals surface area contributed by atoms with E-state index in [4.69, 9.17) is 5.73 Å². The Hall–Kier alpha value is -1.64. The summed E-state index contributed by atoms with van der Waals surface area (Å²) >= 11 is 0. The molecule has 0 saturated carbocycles. The van der Waals surface area contributed by atoms with Gasteiger partial charge in [0.05, 0.1) is 12.4 Å². The summed E-state index contributed by atoms with van der Waals surface area (Å²) in [6.07, 6.45) is 1.35. The summed E-state index contributed by atoms with van der Waals surface area (Å²) in [6, 6.07) is 6.20. The maximum atomic E-state index is 10.1. The van der Waals surface area contributed by atoms with Crippen LogP contribution in [0, 0.1) is 13.8 Å². The van der Waals surface area contributed by atoms with E-state index < -0.39 is 0 Å². The fourth-order valence-electron chi connectivity index (χ4n) is 1.33. The lowest BCUT2D eigenvalue weighted by molar-refractivity contribution is -0.106. The number of hydrogen-bond acceptors (Lipinski definition) is 2. The molecule has 0 aliphatic heterocycles. The highest BCUT2D eigenvalue weighted by Crippen LogP contribution is 2.10. The van der Waals surface area contributed by atoms with Crippen molar-refractivity contribution in [1.29, 1.82) is 0 Å². The summed E-state index contributed by atoms with van der Waals surface area (Å²) < 4.78 is 0. The molecule has 0 radical (unpaired) electrons. The molecule has 2 N–H and O–H groups in total.